The van der Waals surface area contributed by atoms with E-state index < -0.39 is 5.97 Å². The minimum absolute atomic E-state index is 0.111. The van der Waals surface area contributed by atoms with E-state index >= 15 is 0 Å². The van der Waals surface area contributed by atoms with Gasteiger partial charge in [0.1, 0.15) is 18.2 Å². The van der Waals surface area contributed by atoms with Crippen molar-refractivity contribution < 1.29 is 18.7 Å². The minimum atomic E-state index is -0.423. The second-order valence-corrected chi connectivity index (χ2v) is 8.35. The lowest BCUT2D eigenvalue weighted by molar-refractivity contribution is 0.0518. The van der Waals surface area contributed by atoms with Crippen molar-refractivity contribution in [1.82, 2.24) is 4.98 Å². The Hall–Kier alpha value is -3.18. The van der Waals surface area contributed by atoms with Gasteiger partial charge in [0.25, 0.3) is 0 Å². The second-order valence-electron chi connectivity index (χ2n) is 7.91. The van der Waals surface area contributed by atoms with Gasteiger partial charge in [0.15, 0.2) is 5.69 Å². The predicted molar refractivity (Wildman–Crippen MR) is 128 cm³/mol. The summed E-state index contributed by atoms with van der Waals surface area (Å²) in [5.41, 5.74) is 5.33. The molecule has 1 aliphatic carbocycles. The Kier molecular flexibility index (Phi) is 7.09. The second kappa shape index (κ2) is 10.2. The summed E-state index contributed by atoms with van der Waals surface area (Å²) in [4.78, 5) is 17.0. The molecule has 3 aromatic rings. The number of carbonyl (C=O) groups excluding carboxylic acids is 1. The van der Waals surface area contributed by atoms with Crippen molar-refractivity contribution in [2.24, 2.45) is 0 Å². The van der Waals surface area contributed by atoms with Gasteiger partial charge in [-0.15, -0.1) is 0 Å². The Labute approximate surface area is 198 Å². The van der Waals surface area contributed by atoms with Gasteiger partial charge in [-0.2, -0.15) is 0 Å². The molecule has 4 nitrogen and oxygen atoms in total. The van der Waals surface area contributed by atoms with Crippen molar-refractivity contribution in [3.05, 3.63) is 93.5 Å². The fraction of sp³-hybridized carbons (Fsp3) is 0.259. The molecule has 0 bridgehead atoms. The number of hydrogen-bond acceptors (Lipinski definition) is 4. The summed E-state index contributed by atoms with van der Waals surface area (Å²) in [5, 5.41) is 0.589. The van der Waals surface area contributed by atoms with Crippen molar-refractivity contribution in [2.45, 2.75) is 39.7 Å². The van der Waals surface area contributed by atoms with E-state index in [4.69, 9.17) is 21.1 Å². The molecule has 0 spiro atoms. The molecule has 0 saturated carbocycles. The molecule has 170 valence electrons. The number of esters is 1. The molecule has 1 aromatic heterocycles. The highest BCUT2D eigenvalue weighted by Crippen LogP contribution is 2.43. The lowest BCUT2D eigenvalue weighted by atomic mass is 9.98. The van der Waals surface area contributed by atoms with Crippen molar-refractivity contribution in [1.29, 1.82) is 0 Å². The highest BCUT2D eigenvalue weighted by Gasteiger charge is 2.23. The Bertz CT molecular complexity index is 1220. The molecule has 1 heterocycles. The summed E-state index contributed by atoms with van der Waals surface area (Å²) in [5.74, 6) is -0.0902. The fourth-order valence-corrected chi connectivity index (χ4v) is 4.23. The molecule has 0 amide bonds. The van der Waals surface area contributed by atoms with Gasteiger partial charge < -0.3 is 9.47 Å². The van der Waals surface area contributed by atoms with E-state index in [0.717, 1.165) is 47.2 Å². The number of hydrogen-bond donors (Lipinski definition) is 0. The lowest BCUT2D eigenvalue weighted by Crippen LogP contribution is -2.10. The summed E-state index contributed by atoms with van der Waals surface area (Å²) in [6.45, 7) is 4.03. The van der Waals surface area contributed by atoms with Crippen LogP contribution in [0, 0.1) is 12.7 Å². The minimum Gasteiger partial charge on any atom is -0.488 e. The first-order valence-electron chi connectivity index (χ1n) is 11.0. The molecular weight excluding hydrogens is 441 g/mol. The van der Waals surface area contributed by atoms with Crippen molar-refractivity contribution in [3.63, 3.8) is 0 Å². The van der Waals surface area contributed by atoms with E-state index in [-0.39, 0.29) is 12.4 Å². The number of halogens is 2. The van der Waals surface area contributed by atoms with E-state index in [1.165, 1.54) is 6.07 Å². The number of aryl methyl sites for hydroxylation is 1. The molecule has 0 atom stereocenters. The molecular formula is C27H25ClFNO3. The van der Waals surface area contributed by atoms with Gasteiger partial charge in [0.05, 0.1) is 12.3 Å². The standard InChI is InChI=1S/C27H25ClFNO3/c1-3-32-27(31)26-17(2)11-13-24(30-26)21-9-6-8-20(21)22-15-19(28)12-14-25(22)33-16-18-7-4-5-10-23(18)29/h4-5,7,10-15H,3,6,8-9,16H2,1-2H3. The van der Waals surface area contributed by atoms with Gasteiger partial charge in [-0.3, -0.25) is 0 Å². The number of carbonyl (C=O) groups is 1. The number of pyridine rings is 1. The molecule has 0 saturated heterocycles. The number of allylic oxidation sites excluding steroid dienone is 2. The van der Waals surface area contributed by atoms with Gasteiger partial charge in [-0.25, -0.2) is 14.2 Å². The normalized spacial score (nSPS) is 13.3. The van der Waals surface area contributed by atoms with Gasteiger partial charge in [-0.1, -0.05) is 35.9 Å². The van der Waals surface area contributed by atoms with Crippen LogP contribution in [0.3, 0.4) is 0 Å². The van der Waals surface area contributed by atoms with Gasteiger partial charge in [0, 0.05) is 16.1 Å². The third-order valence-electron chi connectivity index (χ3n) is 5.70. The Balaban J connectivity index is 1.72. The number of aromatic nitrogens is 1. The van der Waals surface area contributed by atoms with E-state index in [1.807, 2.05) is 31.2 Å². The molecule has 6 heteroatoms. The SMILES string of the molecule is CCOC(=O)c1nc(C2=C(c3cc(Cl)ccc3OCc3ccccc3F)CCC2)ccc1C. The summed E-state index contributed by atoms with van der Waals surface area (Å²) in [6, 6.07) is 15.8. The maximum atomic E-state index is 14.1. The first kappa shape index (κ1) is 23.0. The highest BCUT2D eigenvalue weighted by atomic mass is 35.5. The largest absolute Gasteiger partial charge is 0.488 e. The number of nitrogens with zero attached hydrogens (tertiary/aromatic N) is 1. The predicted octanol–water partition coefficient (Wildman–Crippen LogP) is 7.03. The van der Waals surface area contributed by atoms with Crippen LogP contribution in [-0.2, 0) is 11.3 Å². The average Bonchev–Trinajstić information content (AvgIpc) is 3.29. The molecule has 0 unspecified atom stereocenters. The first-order chi connectivity index (χ1) is 16.0. The summed E-state index contributed by atoms with van der Waals surface area (Å²) >= 11 is 6.34. The smallest absolute Gasteiger partial charge is 0.357 e. The highest BCUT2D eigenvalue weighted by molar-refractivity contribution is 6.30. The van der Waals surface area contributed by atoms with E-state index in [9.17, 15) is 9.18 Å². The van der Waals surface area contributed by atoms with Crippen LogP contribution in [0.1, 0.15) is 59.1 Å². The summed E-state index contributed by atoms with van der Waals surface area (Å²) < 4.78 is 25.3. The molecule has 4 rings (SSSR count). The van der Waals surface area contributed by atoms with Crippen LogP contribution >= 0.6 is 11.6 Å². The van der Waals surface area contributed by atoms with Gasteiger partial charge in [0.2, 0.25) is 0 Å². The maximum absolute atomic E-state index is 14.1. The molecule has 0 N–H and O–H groups in total. The topological polar surface area (TPSA) is 48.4 Å². The third-order valence-corrected chi connectivity index (χ3v) is 5.94. The molecule has 2 aromatic carbocycles. The molecule has 0 aliphatic heterocycles. The van der Waals surface area contributed by atoms with Crippen LogP contribution in [0.15, 0.2) is 54.6 Å². The summed E-state index contributed by atoms with van der Waals surface area (Å²) in [7, 11) is 0. The zero-order valence-corrected chi connectivity index (χ0v) is 19.4. The Morgan fingerprint density at radius 3 is 2.67 bits per heavy atom. The van der Waals surface area contributed by atoms with E-state index in [0.29, 0.717) is 28.6 Å². The quantitative estimate of drug-likeness (QED) is 0.351. The number of ether oxygens (including phenoxy) is 2. The van der Waals surface area contributed by atoms with E-state index in [2.05, 4.69) is 4.98 Å². The van der Waals surface area contributed by atoms with Crippen LogP contribution < -0.4 is 4.74 Å². The Morgan fingerprint density at radius 1 is 1.09 bits per heavy atom. The molecule has 33 heavy (non-hydrogen) atoms. The van der Waals surface area contributed by atoms with Crippen LogP contribution in [0.4, 0.5) is 4.39 Å². The lowest BCUT2D eigenvalue weighted by Gasteiger charge is -2.16. The monoisotopic (exact) mass is 465 g/mol. The van der Waals surface area contributed by atoms with Crippen molar-refractivity contribution in [2.75, 3.05) is 6.61 Å². The number of rotatable bonds is 7. The van der Waals surface area contributed by atoms with Crippen molar-refractivity contribution >= 4 is 28.7 Å². The van der Waals surface area contributed by atoms with Gasteiger partial charge in [-0.05, 0) is 80.2 Å². The molecule has 0 radical (unpaired) electrons. The summed E-state index contributed by atoms with van der Waals surface area (Å²) in [6.07, 6.45) is 2.61. The average molecular weight is 466 g/mol. The van der Waals surface area contributed by atoms with Crippen LogP contribution in [-0.4, -0.2) is 17.6 Å². The van der Waals surface area contributed by atoms with Gasteiger partial charge >= 0.3 is 5.97 Å². The fourth-order valence-electron chi connectivity index (χ4n) is 4.06. The van der Waals surface area contributed by atoms with Crippen LogP contribution in [0.5, 0.6) is 5.75 Å². The van der Waals surface area contributed by atoms with Crippen molar-refractivity contribution in [3.8, 4) is 5.75 Å². The number of benzene rings is 2. The van der Waals surface area contributed by atoms with E-state index in [1.54, 1.807) is 31.2 Å². The van der Waals surface area contributed by atoms with Crippen LogP contribution in [0.25, 0.3) is 11.1 Å². The first-order valence-corrected chi connectivity index (χ1v) is 11.4. The Morgan fingerprint density at radius 2 is 1.88 bits per heavy atom. The third kappa shape index (κ3) is 5.09. The zero-order chi connectivity index (χ0) is 23.4. The van der Waals surface area contributed by atoms with Crippen LogP contribution in [0.2, 0.25) is 5.02 Å². The maximum Gasteiger partial charge on any atom is 0.357 e. The zero-order valence-electron chi connectivity index (χ0n) is 18.7. The molecule has 0 fully saturated rings. The molecule has 1 aliphatic rings.